The van der Waals surface area contributed by atoms with Crippen LogP contribution in [0.15, 0.2) is 58.8 Å². The van der Waals surface area contributed by atoms with Gasteiger partial charge in [-0.3, -0.25) is 4.90 Å². The summed E-state index contributed by atoms with van der Waals surface area (Å²) in [6.45, 7) is 6.81. The van der Waals surface area contributed by atoms with Gasteiger partial charge < -0.3 is 14.6 Å². The molecule has 1 aliphatic rings. The molecule has 0 aliphatic carbocycles. The van der Waals surface area contributed by atoms with Crippen molar-refractivity contribution in [3.63, 3.8) is 0 Å². The maximum atomic E-state index is 13.3. The van der Waals surface area contributed by atoms with Gasteiger partial charge in [0.1, 0.15) is 5.82 Å². The number of carbonyl (C=O) groups excluding carboxylic acids is 1. The summed E-state index contributed by atoms with van der Waals surface area (Å²) in [6.07, 6.45) is 0.792. The molecule has 0 spiro atoms. The number of ether oxygens (including phenoxy) is 1. The van der Waals surface area contributed by atoms with Crippen molar-refractivity contribution in [2.75, 3.05) is 13.2 Å². The average Bonchev–Trinajstić information content (AvgIpc) is 3.28. The molecule has 0 saturated heterocycles. The number of amides is 2. The van der Waals surface area contributed by atoms with Crippen LogP contribution >= 0.6 is 11.6 Å². The Balaban J connectivity index is 1.71. The second kappa shape index (κ2) is 10.4. The molecule has 178 valence electrons. The first-order valence-corrected chi connectivity index (χ1v) is 11.5. The average molecular weight is 485 g/mol. The van der Waals surface area contributed by atoms with E-state index in [0.717, 1.165) is 5.56 Å². The van der Waals surface area contributed by atoms with Crippen LogP contribution in [0.5, 0.6) is 0 Å². The Hall–Kier alpha value is -3.23. The van der Waals surface area contributed by atoms with Crippen molar-refractivity contribution in [2.24, 2.45) is 0 Å². The summed E-state index contributed by atoms with van der Waals surface area (Å²) in [5.74, 6) is 0.248. The number of benzene rings is 2. The van der Waals surface area contributed by atoms with Crippen LogP contribution < -0.4 is 5.32 Å². The van der Waals surface area contributed by atoms with E-state index in [-0.39, 0.29) is 23.8 Å². The number of halogens is 2. The molecule has 1 N–H and O–H groups in total. The Morgan fingerprint density at radius 1 is 1.24 bits per heavy atom. The predicted octanol–water partition coefficient (Wildman–Crippen LogP) is 5.84. The highest BCUT2D eigenvalue weighted by atomic mass is 35.5. The van der Waals surface area contributed by atoms with E-state index in [2.05, 4.69) is 15.5 Å². The number of rotatable bonds is 8. The summed E-state index contributed by atoms with van der Waals surface area (Å²) in [4.78, 5) is 19.3. The van der Waals surface area contributed by atoms with Crippen LogP contribution in [0, 0.1) is 5.82 Å². The lowest BCUT2D eigenvalue weighted by Crippen LogP contribution is -2.46. The Bertz CT molecular complexity index is 1190. The maximum absolute atomic E-state index is 13.3. The molecule has 0 fully saturated rings. The molecular weight excluding hydrogens is 459 g/mol. The molecule has 34 heavy (non-hydrogen) atoms. The van der Waals surface area contributed by atoms with E-state index in [4.69, 9.17) is 20.9 Å². The summed E-state index contributed by atoms with van der Waals surface area (Å²) in [5.41, 5.74) is 2.79. The van der Waals surface area contributed by atoms with Crippen molar-refractivity contribution < 1.29 is 18.4 Å². The third-order valence-corrected chi connectivity index (χ3v) is 5.75. The van der Waals surface area contributed by atoms with Gasteiger partial charge in [0.25, 0.3) is 5.89 Å². The fourth-order valence-electron chi connectivity index (χ4n) is 3.85. The van der Waals surface area contributed by atoms with Crippen LogP contribution in [0.1, 0.15) is 44.7 Å². The van der Waals surface area contributed by atoms with Crippen LogP contribution in [0.2, 0.25) is 5.02 Å². The Kier molecular flexibility index (Phi) is 7.29. The van der Waals surface area contributed by atoms with Crippen LogP contribution in [0.3, 0.4) is 0 Å². The number of urea groups is 1. The predicted molar refractivity (Wildman–Crippen MR) is 127 cm³/mol. The third kappa shape index (κ3) is 5.29. The van der Waals surface area contributed by atoms with Crippen molar-refractivity contribution in [1.29, 1.82) is 0 Å². The Morgan fingerprint density at radius 2 is 2.00 bits per heavy atom. The molecule has 9 heteroatoms. The largest absolute Gasteiger partial charge is 0.379 e. The first-order valence-electron chi connectivity index (χ1n) is 11.1. The third-order valence-electron chi connectivity index (χ3n) is 5.51. The smallest absolute Gasteiger partial charge is 0.322 e. The van der Waals surface area contributed by atoms with Gasteiger partial charge >= 0.3 is 6.03 Å². The molecule has 3 aromatic rings. The van der Waals surface area contributed by atoms with Gasteiger partial charge in [0.2, 0.25) is 5.82 Å². The summed E-state index contributed by atoms with van der Waals surface area (Å²) in [7, 11) is 0. The summed E-state index contributed by atoms with van der Waals surface area (Å²) in [6, 6.07) is 12.4. The van der Waals surface area contributed by atoms with E-state index < -0.39 is 6.04 Å². The molecule has 1 aliphatic heterocycles. The highest BCUT2D eigenvalue weighted by molar-refractivity contribution is 6.30. The molecule has 1 atom stereocenters. The summed E-state index contributed by atoms with van der Waals surface area (Å²) < 4.78 is 24.6. The van der Waals surface area contributed by atoms with E-state index in [9.17, 15) is 9.18 Å². The second-order valence-electron chi connectivity index (χ2n) is 8.29. The lowest BCUT2D eigenvalue weighted by atomic mass is 9.94. The zero-order chi connectivity index (χ0) is 24.2. The van der Waals surface area contributed by atoms with Gasteiger partial charge in [0.05, 0.1) is 17.7 Å². The van der Waals surface area contributed by atoms with Crippen molar-refractivity contribution in [1.82, 2.24) is 20.4 Å². The van der Waals surface area contributed by atoms with Gasteiger partial charge in [0.15, 0.2) is 0 Å². The molecule has 1 aromatic heterocycles. The van der Waals surface area contributed by atoms with E-state index in [1.807, 2.05) is 32.9 Å². The highest BCUT2D eigenvalue weighted by Crippen LogP contribution is 2.38. The van der Waals surface area contributed by atoms with E-state index >= 15 is 0 Å². The fourth-order valence-corrected chi connectivity index (χ4v) is 4.05. The first kappa shape index (κ1) is 23.9. The summed E-state index contributed by atoms with van der Waals surface area (Å²) in [5, 5.41) is 7.69. The van der Waals surface area contributed by atoms with Gasteiger partial charge in [-0.15, -0.1) is 0 Å². The minimum Gasteiger partial charge on any atom is -0.379 e. The standard InChI is InChI=1S/C25H26ClFN4O3/c1-15(2)33-13-5-12-31-16(3)21(22(28-25(31)32)18-6-4-7-19(26)14-18)24-29-23(30-34-24)17-8-10-20(27)11-9-17/h4,6-11,14-15,22H,5,12-13H2,1-3H3,(H,28,32). The maximum Gasteiger partial charge on any atom is 0.322 e. The minimum absolute atomic E-state index is 0.123. The highest BCUT2D eigenvalue weighted by Gasteiger charge is 2.35. The normalized spacial score (nSPS) is 16.4. The SMILES string of the molecule is CC1=C(c2nc(-c3ccc(F)cc3)no2)C(c2cccc(Cl)c2)NC(=O)N1CCCOC(C)C. The lowest BCUT2D eigenvalue weighted by molar-refractivity contribution is 0.0736. The van der Waals surface area contributed by atoms with Crippen LogP contribution in [0.4, 0.5) is 9.18 Å². The number of nitrogens with zero attached hydrogens (tertiary/aromatic N) is 3. The van der Waals surface area contributed by atoms with E-state index in [1.54, 1.807) is 29.2 Å². The van der Waals surface area contributed by atoms with E-state index in [0.29, 0.717) is 47.3 Å². The second-order valence-corrected chi connectivity index (χ2v) is 8.73. The number of carbonyl (C=O) groups is 1. The molecule has 0 radical (unpaired) electrons. The zero-order valence-electron chi connectivity index (χ0n) is 19.2. The molecule has 2 amide bonds. The van der Waals surface area contributed by atoms with Crippen molar-refractivity contribution in [3.05, 3.63) is 76.5 Å². The van der Waals surface area contributed by atoms with Crippen LogP contribution in [-0.2, 0) is 4.74 Å². The van der Waals surface area contributed by atoms with Crippen molar-refractivity contribution >= 4 is 23.2 Å². The van der Waals surface area contributed by atoms with Crippen LogP contribution in [0.25, 0.3) is 17.0 Å². The number of hydrogen-bond donors (Lipinski definition) is 1. The number of aromatic nitrogens is 2. The number of hydrogen-bond acceptors (Lipinski definition) is 5. The van der Waals surface area contributed by atoms with E-state index in [1.165, 1.54) is 12.1 Å². The Morgan fingerprint density at radius 3 is 2.71 bits per heavy atom. The molecular formula is C25H26ClFN4O3. The first-order chi connectivity index (χ1) is 16.3. The number of allylic oxidation sites excluding steroid dienone is 1. The summed E-state index contributed by atoms with van der Waals surface area (Å²) >= 11 is 6.23. The Labute approximate surface area is 202 Å². The van der Waals surface area contributed by atoms with Gasteiger partial charge in [0, 0.05) is 29.4 Å². The number of nitrogens with one attached hydrogen (secondary N) is 1. The molecule has 1 unspecified atom stereocenters. The molecule has 0 saturated carbocycles. The van der Waals surface area contributed by atoms with Crippen LogP contribution in [-0.4, -0.2) is 40.3 Å². The van der Waals surface area contributed by atoms with Gasteiger partial charge in [-0.25, -0.2) is 9.18 Å². The van der Waals surface area contributed by atoms with Crippen molar-refractivity contribution in [2.45, 2.75) is 39.3 Å². The van der Waals surface area contributed by atoms with Gasteiger partial charge in [-0.1, -0.05) is 28.9 Å². The minimum atomic E-state index is -0.532. The zero-order valence-corrected chi connectivity index (χ0v) is 20.0. The molecule has 4 rings (SSSR count). The molecule has 0 bridgehead atoms. The topological polar surface area (TPSA) is 80.5 Å². The lowest BCUT2D eigenvalue weighted by Gasteiger charge is -2.35. The monoisotopic (exact) mass is 484 g/mol. The van der Waals surface area contributed by atoms with Gasteiger partial charge in [-0.2, -0.15) is 4.98 Å². The quantitative estimate of drug-likeness (QED) is 0.406. The van der Waals surface area contributed by atoms with Gasteiger partial charge in [-0.05, 0) is 69.2 Å². The molecule has 7 nitrogen and oxygen atoms in total. The molecule has 2 aromatic carbocycles. The molecule has 2 heterocycles. The van der Waals surface area contributed by atoms with Crippen molar-refractivity contribution in [3.8, 4) is 11.4 Å². The fraction of sp³-hybridized carbons (Fsp3) is 0.320.